The quantitative estimate of drug-likeness (QED) is 0.777. The van der Waals surface area contributed by atoms with Gasteiger partial charge in [0, 0.05) is 11.5 Å². The summed E-state index contributed by atoms with van der Waals surface area (Å²) in [6.45, 7) is 2.25. The lowest BCUT2D eigenvalue weighted by Crippen LogP contribution is -2.36. The normalized spacial score (nSPS) is 24.9. The molecule has 0 amide bonds. The highest BCUT2D eigenvalue weighted by molar-refractivity contribution is 5.59. The van der Waals surface area contributed by atoms with Crippen LogP contribution in [0.1, 0.15) is 18.4 Å². The van der Waals surface area contributed by atoms with Gasteiger partial charge < -0.3 is 10.1 Å². The van der Waals surface area contributed by atoms with Crippen LogP contribution < -0.4 is 10.1 Å². The molecule has 2 aliphatic rings. The third-order valence-corrected chi connectivity index (χ3v) is 3.50. The van der Waals surface area contributed by atoms with E-state index < -0.39 is 0 Å². The average Bonchev–Trinajstić information content (AvgIpc) is 2.39. The molecule has 3 rings (SSSR count). The van der Waals surface area contributed by atoms with Crippen molar-refractivity contribution in [1.82, 2.24) is 5.32 Å². The molecule has 0 bridgehead atoms. The summed E-state index contributed by atoms with van der Waals surface area (Å²) in [5.74, 6) is 1.71. The first kappa shape index (κ1) is 9.91. The van der Waals surface area contributed by atoms with E-state index in [0.717, 1.165) is 18.8 Å². The highest BCUT2D eigenvalue weighted by atomic mass is 16.5. The molecule has 0 spiro atoms. The van der Waals surface area contributed by atoms with Gasteiger partial charge in [-0.25, -0.2) is 0 Å². The number of benzene rings is 1. The predicted octanol–water partition coefficient (Wildman–Crippen LogP) is 2.46. The maximum atomic E-state index is 6.06. The molecule has 1 atom stereocenters. The molecule has 1 fully saturated rings. The molecule has 0 aliphatic carbocycles. The number of nitrogens with one attached hydrogen (secondary N) is 1. The lowest BCUT2D eigenvalue weighted by atomic mass is 9.90. The van der Waals surface area contributed by atoms with Crippen molar-refractivity contribution in [2.45, 2.75) is 18.9 Å². The van der Waals surface area contributed by atoms with Crippen LogP contribution in [0.5, 0.6) is 5.75 Å². The summed E-state index contributed by atoms with van der Waals surface area (Å²) in [5, 5.41) is 3.39. The van der Waals surface area contributed by atoms with E-state index in [1.54, 1.807) is 0 Å². The summed E-state index contributed by atoms with van der Waals surface area (Å²) in [4.78, 5) is 0. The Morgan fingerprint density at radius 1 is 1.12 bits per heavy atom. The third kappa shape index (κ3) is 1.85. The van der Waals surface area contributed by atoms with Gasteiger partial charge in [-0.3, -0.25) is 0 Å². The van der Waals surface area contributed by atoms with Crippen molar-refractivity contribution in [2.75, 3.05) is 13.1 Å². The van der Waals surface area contributed by atoms with Crippen molar-refractivity contribution in [3.05, 3.63) is 35.9 Å². The molecule has 0 aromatic heterocycles. The summed E-state index contributed by atoms with van der Waals surface area (Å²) < 4.78 is 6.06. The predicted molar refractivity (Wildman–Crippen MR) is 65.5 cm³/mol. The Kier molecular flexibility index (Phi) is 2.66. The number of para-hydroxylation sites is 1. The molecular formula is C14H17NO. The molecule has 1 N–H and O–H groups in total. The van der Waals surface area contributed by atoms with Gasteiger partial charge in [-0.15, -0.1) is 0 Å². The standard InChI is InChI=1S/C14H17NO/c1-2-4-13-11(3-1)5-6-14(16-13)12-7-9-15-10-8-12/h1-6,12,14-15H,7-10H2. The van der Waals surface area contributed by atoms with E-state index in [9.17, 15) is 0 Å². The third-order valence-electron chi connectivity index (χ3n) is 3.50. The summed E-state index contributed by atoms with van der Waals surface area (Å²) in [5.41, 5.74) is 1.20. The molecule has 0 saturated carbocycles. The van der Waals surface area contributed by atoms with Crippen LogP contribution in [0, 0.1) is 5.92 Å². The number of rotatable bonds is 1. The SMILES string of the molecule is C1=CC(C2CCNCC2)Oc2ccccc21. The molecule has 2 heteroatoms. The first-order chi connectivity index (χ1) is 7.93. The Balaban J connectivity index is 1.77. The molecule has 84 valence electrons. The minimum absolute atomic E-state index is 0.275. The second-order valence-electron chi connectivity index (χ2n) is 4.57. The molecule has 2 nitrogen and oxygen atoms in total. The van der Waals surface area contributed by atoms with Crippen LogP contribution in [-0.2, 0) is 0 Å². The summed E-state index contributed by atoms with van der Waals surface area (Å²) >= 11 is 0. The largest absolute Gasteiger partial charge is 0.485 e. The van der Waals surface area contributed by atoms with Gasteiger partial charge in [-0.1, -0.05) is 24.3 Å². The molecule has 1 aromatic carbocycles. The van der Waals surface area contributed by atoms with Crippen LogP contribution in [-0.4, -0.2) is 19.2 Å². The fourth-order valence-electron chi connectivity index (χ4n) is 2.54. The lowest BCUT2D eigenvalue weighted by molar-refractivity contribution is 0.149. The van der Waals surface area contributed by atoms with E-state index in [2.05, 4.69) is 35.7 Å². The van der Waals surface area contributed by atoms with Crippen LogP contribution in [0.2, 0.25) is 0 Å². The molecule has 1 unspecified atom stereocenters. The highest BCUT2D eigenvalue weighted by Gasteiger charge is 2.25. The Morgan fingerprint density at radius 2 is 1.94 bits per heavy atom. The van der Waals surface area contributed by atoms with Gasteiger partial charge in [-0.05, 0) is 38.1 Å². The van der Waals surface area contributed by atoms with Crippen molar-refractivity contribution in [3.8, 4) is 5.75 Å². The fraction of sp³-hybridized carbons (Fsp3) is 0.429. The van der Waals surface area contributed by atoms with E-state index in [4.69, 9.17) is 4.74 Å². The number of hydrogen-bond acceptors (Lipinski definition) is 2. The van der Waals surface area contributed by atoms with Crippen molar-refractivity contribution in [1.29, 1.82) is 0 Å². The van der Waals surface area contributed by atoms with Gasteiger partial charge in [0.1, 0.15) is 11.9 Å². The van der Waals surface area contributed by atoms with Gasteiger partial charge in [0.2, 0.25) is 0 Å². The number of hydrogen-bond donors (Lipinski definition) is 1. The van der Waals surface area contributed by atoms with E-state index in [1.807, 2.05) is 6.07 Å². The topological polar surface area (TPSA) is 21.3 Å². The summed E-state index contributed by atoms with van der Waals surface area (Å²) in [6.07, 6.45) is 7.13. The molecule has 16 heavy (non-hydrogen) atoms. The number of ether oxygens (including phenoxy) is 1. The Morgan fingerprint density at radius 3 is 2.81 bits per heavy atom. The minimum Gasteiger partial charge on any atom is -0.485 e. The van der Waals surface area contributed by atoms with Crippen LogP contribution >= 0.6 is 0 Å². The number of piperidine rings is 1. The Bertz CT molecular complexity index is 393. The smallest absolute Gasteiger partial charge is 0.127 e. The average molecular weight is 215 g/mol. The zero-order chi connectivity index (χ0) is 10.8. The lowest BCUT2D eigenvalue weighted by Gasteiger charge is -2.31. The van der Waals surface area contributed by atoms with Crippen LogP contribution in [0.4, 0.5) is 0 Å². The van der Waals surface area contributed by atoms with Crippen LogP contribution in [0.3, 0.4) is 0 Å². The van der Waals surface area contributed by atoms with Crippen LogP contribution in [0.25, 0.3) is 6.08 Å². The maximum Gasteiger partial charge on any atom is 0.127 e. The van der Waals surface area contributed by atoms with Gasteiger partial charge >= 0.3 is 0 Å². The van der Waals surface area contributed by atoms with E-state index in [1.165, 1.54) is 18.4 Å². The van der Waals surface area contributed by atoms with Crippen LogP contribution in [0.15, 0.2) is 30.3 Å². The minimum atomic E-state index is 0.275. The van der Waals surface area contributed by atoms with E-state index in [0.29, 0.717) is 5.92 Å². The first-order valence-electron chi connectivity index (χ1n) is 6.08. The van der Waals surface area contributed by atoms with Crippen molar-refractivity contribution >= 4 is 6.08 Å². The summed E-state index contributed by atoms with van der Waals surface area (Å²) in [6, 6.07) is 8.26. The van der Waals surface area contributed by atoms with Crippen molar-refractivity contribution < 1.29 is 4.74 Å². The van der Waals surface area contributed by atoms with Crippen molar-refractivity contribution in [3.63, 3.8) is 0 Å². The second kappa shape index (κ2) is 4.30. The zero-order valence-corrected chi connectivity index (χ0v) is 9.36. The van der Waals surface area contributed by atoms with Gasteiger partial charge in [0.15, 0.2) is 0 Å². The summed E-state index contributed by atoms with van der Waals surface area (Å²) in [7, 11) is 0. The van der Waals surface area contributed by atoms with Gasteiger partial charge in [-0.2, -0.15) is 0 Å². The first-order valence-corrected chi connectivity index (χ1v) is 6.08. The maximum absolute atomic E-state index is 6.06. The molecule has 0 radical (unpaired) electrons. The fourth-order valence-corrected chi connectivity index (χ4v) is 2.54. The zero-order valence-electron chi connectivity index (χ0n) is 9.36. The van der Waals surface area contributed by atoms with Gasteiger partial charge in [0.05, 0.1) is 0 Å². The number of fused-ring (bicyclic) bond motifs is 1. The van der Waals surface area contributed by atoms with Gasteiger partial charge in [0.25, 0.3) is 0 Å². The van der Waals surface area contributed by atoms with E-state index >= 15 is 0 Å². The highest BCUT2D eigenvalue weighted by Crippen LogP contribution is 2.30. The van der Waals surface area contributed by atoms with E-state index in [-0.39, 0.29) is 6.10 Å². The molecule has 2 heterocycles. The monoisotopic (exact) mass is 215 g/mol. The Labute approximate surface area is 96.3 Å². The molecule has 2 aliphatic heterocycles. The molecule has 1 saturated heterocycles. The van der Waals surface area contributed by atoms with Crippen molar-refractivity contribution in [2.24, 2.45) is 5.92 Å². The Hall–Kier alpha value is -1.28. The molecule has 1 aromatic rings. The second-order valence-corrected chi connectivity index (χ2v) is 4.57. The molecular weight excluding hydrogens is 198 g/mol.